The maximum absolute atomic E-state index is 12.0. The lowest BCUT2D eigenvalue weighted by Crippen LogP contribution is -2.27. The van der Waals surface area contributed by atoms with Crippen LogP contribution in [0, 0.1) is 0 Å². The minimum atomic E-state index is -3.43. The summed E-state index contributed by atoms with van der Waals surface area (Å²) in [5.74, 6) is -0.0269. The monoisotopic (exact) mass is 268 g/mol. The Morgan fingerprint density at radius 1 is 1.17 bits per heavy atom. The van der Waals surface area contributed by atoms with Crippen molar-refractivity contribution in [2.75, 3.05) is 20.1 Å². The molecule has 0 saturated carbocycles. The number of sulfonamides is 1. The van der Waals surface area contributed by atoms with Gasteiger partial charge in [0, 0.05) is 18.7 Å². The van der Waals surface area contributed by atoms with Gasteiger partial charge in [0.05, 0.1) is 4.90 Å². The van der Waals surface area contributed by atoms with Crippen LogP contribution in [0.15, 0.2) is 29.2 Å². The molecular formula is C12H16N2O3S. The summed E-state index contributed by atoms with van der Waals surface area (Å²) < 4.78 is 25.3. The minimum Gasteiger partial charge on any atom is -0.339 e. The van der Waals surface area contributed by atoms with E-state index in [9.17, 15) is 13.2 Å². The maximum atomic E-state index is 12.0. The quantitative estimate of drug-likeness (QED) is 0.883. The molecule has 2 rings (SSSR count). The van der Waals surface area contributed by atoms with Crippen molar-refractivity contribution in [2.24, 2.45) is 0 Å². The molecule has 1 N–H and O–H groups in total. The first-order chi connectivity index (χ1) is 8.54. The molecule has 98 valence electrons. The predicted molar refractivity (Wildman–Crippen MR) is 67.8 cm³/mol. The summed E-state index contributed by atoms with van der Waals surface area (Å²) in [5.41, 5.74) is 0.534. The normalized spacial score (nSPS) is 15.9. The molecule has 0 spiro atoms. The third-order valence-electron chi connectivity index (χ3n) is 3.07. The smallest absolute Gasteiger partial charge is 0.253 e. The van der Waals surface area contributed by atoms with E-state index in [2.05, 4.69) is 4.72 Å². The molecule has 1 fully saturated rings. The molecule has 0 atom stereocenters. The molecular weight excluding hydrogens is 252 g/mol. The first kappa shape index (κ1) is 13.0. The van der Waals surface area contributed by atoms with Crippen molar-refractivity contribution in [3.05, 3.63) is 29.8 Å². The number of carbonyl (C=O) groups is 1. The first-order valence-corrected chi connectivity index (χ1v) is 7.36. The summed E-state index contributed by atoms with van der Waals surface area (Å²) in [7, 11) is -2.07. The van der Waals surface area contributed by atoms with Gasteiger partial charge in [0.2, 0.25) is 10.0 Å². The average Bonchev–Trinajstić information content (AvgIpc) is 2.92. The minimum absolute atomic E-state index is 0.0269. The zero-order chi connectivity index (χ0) is 13.2. The standard InChI is InChI=1S/C12H16N2O3S/c1-13-18(16,17)11-6-4-10(5-7-11)12(15)14-8-2-3-9-14/h4-7,13H,2-3,8-9H2,1H3. The predicted octanol–water partition coefficient (Wildman–Crippen LogP) is 0.831. The molecule has 0 aromatic heterocycles. The van der Waals surface area contributed by atoms with Gasteiger partial charge in [-0.05, 0) is 44.2 Å². The highest BCUT2D eigenvalue weighted by molar-refractivity contribution is 7.89. The molecule has 18 heavy (non-hydrogen) atoms. The van der Waals surface area contributed by atoms with E-state index in [1.165, 1.54) is 19.2 Å². The SMILES string of the molecule is CNS(=O)(=O)c1ccc(C(=O)N2CCCC2)cc1. The van der Waals surface area contributed by atoms with Gasteiger partial charge in [0.25, 0.3) is 5.91 Å². The fourth-order valence-electron chi connectivity index (χ4n) is 2.00. The summed E-state index contributed by atoms with van der Waals surface area (Å²) in [6.45, 7) is 1.57. The van der Waals surface area contributed by atoms with Crippen LogP contribution >= 0.6 is 0 Å². The molecule has 0 aliphatic carbocycles. The summed E-state index contributed by atoms with van der Waals surface area (Å²) >= 11 is 0. The summed E-state index contributed by atoms with van der Waals surface area (Å²) in [6.07, 6.45) is 2.08. The zero-order valence-corrected chi connectivity index (χ0v) is 11.0. The van der Waals surface area contributed by atoms with Gasteiger partial charge in [-0.25, -0.2) is 13.1 Å². The molecule has 5 nitrogen and oxygen atoms in total. The van der Waals surface area contributed by atoms with Gasteiger partial charge in [-0.1, -0.05) is 0 Å². The largest absolute Gasteiger partial charge is 0.339 e. The van der Waals surface area contributed by atoms with Crippen molar-refractivity contribution < 1.29 is 13.2 Å². The second-order valence-corrected chi connectivity index (χ2v) is 6.12. The van der Waals surface area contributed by atoms with Crippen molar-refractivity contribution in [1.29, 1.82) is 0 Å². The zero-order valence-electron chi connectivity index (χ0n) is 10.2. The van der Waals surface area contributed by atoms with Crippen LogP contribution in [0.2, 0.25) is 0 Å². The number of hydrogen-bond donors (Lipinski definition) is 1. The number of rotatable bonds is 3. The van der Waals surface area contributed by atoms with Crippen LogP contribution in [0.3, 0.4) is 0 Å². The van der Waals surface area contributed by atoms with Crippen molar-refractivity contribution in [1.82, 2.24) is 9.62 Å². The average molecular weight is 268 g/mol. The highest BCUT2D eigenvalue weighted by Gasteiger charge is 2.20. The number of nitrogens with one attached hydrogen (secondary N) is 1. The van der Waals surface area contributed by atoms with Gasteiger partial charge in [-0.15, -0.1) is 0 Å². The van der Waals surface area contributed by atoms with Crippen molar-refractivity contribution in [3.63, 3.8) is 0 Å². The van der Waals surface area contributed by atoms with Gasteiger partial charge in [0.1, 0.15) is 0 Å². The molecule has 1 amide bonds. The molecule has 6 heteroatoms. The third kappa shape index (κ3) is 2.54. The second-order valence-electron chi connectivity index (χ2n) is 4.23. The molecule has 1 aliphatic heterocycles. The number of hydrogen-bond acceptors (Lipinski definition) is 3. The number of carbonyl (C=O) groups excluding carboxylic acids is 1. The van der Waals surface area contributed by atoms with E-state index in [4.69, 9.17) is 0 Å². The van der Waals surface area contributed by atoms with E-state index < -0.39 is 10.0 Å². The summed E-state index contributed by atoms with van der Waals surface area (Å²) in [5, 5.41) is 0. The molecule has 0 bridgehead atoms. The molecule has 0 unspecified atom stereocenters. The lowest BCUT2D eigenvalue weighted by molar-refractivity contribution is 0.0792. The number of likely N-dealkylation sites (tertiary alicyclic amines) is 1. The highest BCUT2D eigenvalue weighted by Crippen LogP contribution is 2.15. The van der Waals surface area contributed by atoms with Gasteiger partial charge in [0.15, 0.2) is 0 Å². The van der Waals surface area contributed by atoms with Gasteiger partial charge in [-0.3, -0.25) is 4.79 Å². The van der Waals surface area contributed by atoms with Crippen LogP contribution in [-0.4, -0.2) is 39.4 Å². The Morgan fingerprint density at radius 3 is 2.22 bits per heavy atom. The molecule has 1 saturated heterocycles. The second kappa shape index (κ2) is 5.07. The van der Waals surface area contributed by atoms with Crippen LogP contribution in [0.4, 0.5) is 0 Å². The fraction of sp³-hybridized carbons (Fsp3) is 0.417. The van der Waals surface area contributed by atoms with Crippen molar-refractivity contribution >= 4 is 15.9 Å². The van der Waals surface area contributed by atoms with Crippen LogP contribution in [0.25, 0.3) is 0 Å². The Labute approximate surface area is 107 Å². The lowest BCUT2D eigenvalue weighted by atomic mass is 10.2. The lowest BCUT2D eigenvalue weighted by Gasteiger charge is -2.15. The molecule has 1 aliphatic rings. The van der Waals surface area contributed by atoms with E-state index in [0.29, 0.717) is 5.56 Å². The molecule has 0 radical (unpaired) electrons. The highest BCUT2D eigenvalue weighted by atomic mass is 32.2. The van der Waals surface area contributed by atoms with Crippen LogP contribution < -0.4 is 4.72 Å². The Kier molecular flexibility index (Phi) is 3.68. The van der Waals surface area contributed by atoms with Crippen LogP contribution in [-0.2, 0) is 10.0 Å². The molecule has 1 heterocycles. The van der Waals surface area contributed by atoms with Crippen LogP contribution in [0.5, 0.6) is 0 Å². The third-order valence-corrected chi connectivity index (χ3v) is 4.50. The Morgan fingerprint density at radius 2 is 1.72 bits per heavy atom. The van der Waals surface area contributed by atoms with Gasteiger partial charge < -0.3 is 4.90 Å². The van der Waals surface area contributed by atoms with E-state index in [-0.39, 0.29) is 10.8 Å². The Bertz CT molecular complexity index is 531. The first-order valence-electron chi connectivity index (χ1n) is 5.87. The Hall–Kier alpha value is -1.40. The van der Waals surface area contributed by atoms with E-state index >= 15 is 0 Å². The van der Waals surface area contributed by atoms with Crippen molar-refractivity contribution in [2.45, 2.75) is 17.7 Å². The van der Waals surface area contributed by atoms with Gasteiger partial charge >= 0.3 is 0 Å². The van der Waals surface area contributed by atoms with Gasteiger partial charge in [-0.2, -0.15) is 0 Å². The van der Waals surface area contributed by atoms with Crippen molar-refractivity contribution in [3.8, 4) is 0 Å². The topological polar surface area (TPSA) is 66.5 Å². The van der Waals surface area contributed by atoms with E-state index in [1.807, 2.05) is 0 Å². The number of benzene rings is 1. The fourth-order valence-corrected chi connectivity index (χ4v) is 2.73. The van der Waals surface area contributed by atoms with Crippen LogP contribution in [0.1, 0.15) is 23.2 Å². The summed E-state index contributed by atoms with van der Waals surface area (Å²) in [4.78, 5) is 14.0. The number of amides is 1. The molecule has 1 aromatic rings. The Balaban J connectivity index is 2.20. The van der Waals surface area contributed by atoms with E-state index in [1.54, 1.807) is 17.0 Å². The number of nitrogens with zero attached hydrogens (tertiary/aromatic N) is 1. The van der Waals surface area contributed by atoms with E-state index in [0.717, 1.165) is 25.9 Å². The maximum Gasteiger partial charge on any atom is 0.253 e. The molecule has 1 aromatic carbocycles. The summed E-state index contributed by atoms with van der Waals surface area (Å²) in [6, 6.07) is 6.03.